The van der Waals surface area contributed by atoms with Crippen LogP contribution in [0.2, 0.25) is 0 Å². The summed E-state index contributed by atoms with van der Waals surface area (Å²) in [6.07, 6.45) is 6.90. The largest absolute Gasteiger partial charge is 0.480 e. The number of hydrogen-bond acceptors (Lipinski definition) is 3. The third-order valence-corrected chi connectivity index (χ3v) is 3.27. The summed E-state index contributed by atoms with van der Waals surface area (Å²) in [5.41, 5.74) is 0. The molecule has 106 valence electrons. The monoisotopic (exact) mass is 276 g/mol. The number of rotatable bonds is 10. The van der Waals surface area contributed by atoms with Crippen molar-refractivity contribution in [2.24, 2.45) is 0 Å². The summed E-state index contributed by atoms with van der Waals surface area (Å²) in [7, 11) is 0. The highest BCUT2D eigenvalue weighted by Gasteiger charge is 2.16. The molecule has 0 saturated heterocycles. The van der Waals surface area contributed by atoms with Crippen LogP contribution in [0.25, 0.3) is 0 Å². The van der Waals surface area contributed by atoms with Gasteiger partial charge >= 0.3 is 12.0 Å². The molecule has 0 aliphatic heterocycles. The maximum absolute atomic E-state index is 11.4. The van der Waals surface area contributed by atoms with Crippen LogP contribution in [-0.2, 0) is 4.79 Å². The number of hydrogen-bond donors (Lipinski definition) is 3. The van der Waals surface area contributed by atoms with E-state index in [1.807, 2.05) is 11.8 Å². The van der Waals surface area contributed by atoms with Crippen LogP contribution in [0.5, 0.6) is 0 Å². The molecule has 0 unspecified atom stereocenters. The molecule has 2 amide bonds. The second-order valence-electron chi connectivity index (χ2n) is 4.11. The number of carbonyl (C=O) groups is 2. The topological polar surface area (TPSA) is 78.4 Å². The van der Waals surface area contributed by atoms with Crippen molar-refractivity contribution in [1.29, 1.82) is 0 Å². The molecule has 0 rings (SSSR count). The fraction of sp³-hybridized carbons (Fsp3) is 0.833. The molecule has 0 spiro atoms. The summed E-state index contributed by atoms with van der Waals surface area (Å²) < 4.78 is 0. The molecule has 0 aromatic rings. The zero-order valence-electron chi connectivity index (χ0n) is 11.2. The van der Waals surface area contributed by atoms with E-state index >= 15 is 0 Å². The van der Waals surface area contributed by atoms with Crippen molar-refractivity contribution in [1.82, 2.24) is 10.6 Å². The van der Waals surface area contributed by atoms with Crippen LogP contribution < -0.4 is 10.6 Å². The van der Waals surface area contributed by atoms with Crippen LogP contribution in [-0.4, -0.2) is 41.7 Å². The van der Waals surface area contributed by atoms with Gasteiger partial charge in [0.25, 0.3) is 0 Å². The third-order valence-electron chi connectivity index (χ3n) is 2.57. The number of aliphatic carboxylic acids is 1. The van der Waals surface area contributed by atoms with Gasteiger partial charge in [-0.3, -0.25) is 0 Å². The summed E-state index contributed by atoms with van der Waals surface area (Å²) in [5.74, 6) is 0.190. The average Bonchev–Trinajstić information content (AvgIpc) is 2.34. The van der Waals surface area contributed by atoms with Gasteiger partial charge in [0, 0.05) is 6.54 Å². The molecule has 0 fully saturated rings. The van der Waals surface area contributed by atoms with Gasteiger partial charge in [0.05, 0.1) is 0 Å². The first-order valence-corrected chi connectivity index (χ1v) is 7.77. The number of urea groups is 1. The van der Waals surface area contributed by atoms with Crippen molar-refractivity contribution in [3.05, 3.63) is 0 Å². The number of unbranched alkanes of at least 4 members (excludes halogenated alkanes) is 3. The Kier molecular flexibility index (Phi) is 10.6. The highest BCUT2D eigenvalue weighted by molar-refractivity contribution is 7.98. The van der Waals surface area contributed by atoms with E-state index in [1.165, 1.54) is 18.6 Å². The molecule has 0 aromatic carbocycles. The molecule has 0 bridgehead atoms. The lowest BCUT2D eigenvalue weighted by atomic mass is 10.2. The molecular weight excluding hydrogens is 252 g/mol. The van der Waals surface area contributed by atoms with E-state index in [2.05, 4.69) is 16.9 Å². The minimum atomic E-state index is -0.996. The number of amides is 2. The lowest BCUT2D eigenvalue weighted by Crippen LogP contribution is -2.45. The van der Waals surface area contributed by atoms with Gasteiger partial charge in [0.15, 0.2) is 0 Å². The zero-order valence-corrected chi connectivity index (χ0v) is 12.0. The van der Waals surface area contributed by atoms with Gasteiger partial charge < -0.3 is 15.7 Å². The standard InChI is InChI=1S/C12H24N2O3S/c1-3-10(11(15)16)14-12(17)13-8-6-4-5-7-9-18-2/h10H,3-9H2,1-2H3,(H,15,16)(H2,13,14,17)/t10-/m0/s1. The number of carboxylic acids is 1. The van der Waals surface area contributed by atoms with Gasteiger partial charge in [-0.25, -0.2) is 9.59 Å². The number of nitrogens with one attached hydrogen (secondary N) is 2. The molecule has 3 N–H and O–H groups in total. The molecule has 0 radical (unpaired) electrons. The molecule has 18 heavy (non-hydrogen) atoms. The Bertz CT molecular complexity index is 249. The maximum atomic E-state index is 11.4. The summed E-state index contributed by atoms with van der Waals surface area (Å²) in [5, 5.41) is 13.9. The SMILES string of the molecule is CC[C@H](NC(=O)NCCCCCCSC)C(=O)O. The average molecular weight is 276 g/mol. The van der Waals surface area contributed by atoms with Crippen molar-refractivity contribution in [2.45, 2.75) is 45.1 Å². The van der Waals surface area contributed by atoms with Crippen LogP contribution in [0, 0.1) is 0 Å². The van der Waals surface area contributed by atoms with Crippen molar-refractivity contribution in [3.63, 3.8) is 0 Å². The van der Waals surface area contributed by atoms with E-state index in [4.69, 9.17) is 5.11 Å². The van der Waals surface area contributed by atoms with Crippen molar-refractivity contribution in [2.75, 3.05) is 18.6 Å². The highest BCUT2D eigenvalue weighted by Crippen LogP contribution is 2.03. The Morgan fingerprint density at radius 1 is 1.22 bits per heavy atom. The first-order valence-electron chi connectivity index (χ1n) is 6.38. The van der Waals surface area contributed by atoms with Crippen LogP contribution in [0.1, 0.15) is 39.0 Å². The summed E-state index contributed by atoms with van der Waals surface area (Å²) >= 11 is 1.85. The fourth-order valence-electron chi connectivity index (χ4n) is 1.47. The van der Waals surface area contributed by atoms with Crippen molar-refractivity contribution in [3.8, 4) is 0 Å². The summed E-state index contributed by atoms with van der Waals surface area (Å²) in [6.45, 7) is 2.33. The molecule has 6 heteroatoms. The van der Waals surface area contributed by atoms with Crippen LogP contribution in [0.15, 0.2) is 0 Å². The summed E-state index contributed by atoms with van der Waals surface area (Å²) in [4.78, 5) is 22.1. The first-order chi connectivity index (χ1) is 8.61. The summed E-state index contributed by atoms with van der Waals surface area (Å²) in [6, 6.07) is -1.19. The van der Waals surface area contributed by atoms with Crippen LogP contribution in [0.4, 0.5) is 4.79 Å². The lowest BCUT2D eigenvalue weighted by molar-refractivity contribution is -0.139. The van der Waals surface area contributed by atoms with E-state index in [0.29, 0.717) is 13.0 Å². The molecule has 0 aromatic heterocycles. The van der Waals surface area contributed by atoms with Crippen LogP contribution >= 0.6 is 11.8 Å². The third kappa shape index (κ3) is 9.15. The second kappa shape index (κ2) is 11.2. The molecule has 0 heterocycles. The lowest BCUT2D eigenvalue weighted by Gasteiger charge is -2.13. The Balaban J connectivity index is 3.50. The van der Waals surface area contributed by atoms with Gasteiger partial charge in [-0.05, 0) is 31.3 Å². The number of carboxylic acid groups (broad SMARTS) is 1. The Morgan fingerprint density at radius 3 is 2.44 bits per heavy atom. The van der Waals surface area contributed by atoms with Crippen molar-refractivity contribution >= 4 is 23.8 Å². The van der Waals surface area contributed by atoms with Crippen LogP contribution in [0.3, 0.4) is 0 Å². The zero-order chi connectivity index (χ0) is 13.8. The van der Waals surface area contributed by atoms with Gasteiger partial charge in [-0.15, -0.1) is 0 Å². The molecular formula is C12H24N2O3S. The molecule has 0 saturated carbocycles. The minimum absolute atomic E-state index is 0.386. The Labute approximate surface area is 113 Å². The minimum Gasteiger partial charge on any atom is -0.480 e. The van der Waals surface area contributed by atoms with E-state index in [0.717, 1.165) is 12.8 Å². The smallest absolute Gasteiger partial charge is 0.326 e. The van der Waals surface area contributed by atoms with Gasteiger partial charge in [-0.2, -0.15) is 11.8 Å². The Morgan fingerprint density at radius 2 is 1.89 bits per heavy atom. The predicted octanol–water partition coefficient (Wildman–Crippen LogP) is 2.07. The predicted molar refractivity (Wildman–Crippen MR) is 75.1 cm³/mol. The number of carbonyl (C=O) groups excluding carboxylic acids is 1. The molecule has 1 atom stereocenters. The fourth-order valence-corrected chi connectivity index (χ4v) is 1.97. The van der Waals surface area contributed by atoms with E-state index < -0.39 is 18.0 Å². The van der Waals surface area contributed by atoms with Crippen molar-refractivity contribution < 1.29 is 14.7 Å². The van der Waals surface area contributed by atoms with Gasteiger partial charge in [-0.1, -0.05) is 19.8 Å². The highest BCUT2D eigenvalue weighted by atomic mass is 32.2. The second-order valence-corrected chi connectivity index (χ2v) is 5.09. The van der Waals surface area contributed by atoms with E-state index in [1.54, 1.807) is 6.92 Å². The first kappa shape index (κ1) is 17.1. The van der Waals surface area contributed by atoms with Gasteiger partial charge in [0.2, 0.25) is 0 Å². The molecule has 0 aliphatic carbocycles. The van der Waals surface area contributed by atoms with E-state index in [9.17, 15) is 9.59 Å². The quantitative estimate of drug-likeness (QED) is 0.534. The normalized spacial score (nSPS) is 11.9. The Hall–Kier alpha value is -0.910. The van der Waals surface area contributed by atoms with E-state index in [-0.39, 0.29) is 0 Å². The van der Waals surface area contributed by atoms with Gasteiger partial charge in [0.1, 0.15) is 6.04 Å². The number of thioether (sulfide) groups is 1. The maximum Gasteiger partial charge on any atom is 0.326 e. The molecule has 5 nitrogen and oxygen atoms in total. The molecule has 0 aliphatic rings.